The highest BCUT2D eigenvalue weighted by atomic mass is 35.5. The molecule has 1 fully saturated rings. The van der Waals surface area contributed by atoms with E-state index in [-0.39, 0.29) is 12.5 Å². The molecule has 6 heteroatoms. The molecule has 0 spiro atoms. The summed E-state index contributed by atoms with van der Waals surface area (Å²) in [5, 5.41) is -0.0278. The molecule has 0 heterocycles. The zero-order valence-electron chi connectivity index (χ0n) is 14.1. The Morgan fingerprint density at radius 2 is 1.88 bits per heavy atom. The second-order valence-electron chi connectivity index (χ2n) is 6.39. The van der Waals surface area contributed by atoms with Crippen LogP contribution in [0.3, 0.4) is 0 Å². The molecule has 1 aliphatic carbocycles. The van der Waals surface area contributed by atoms with Crippen molar-refractivity contribution in [1.29, 1.82) is 0 Å². The molecule has 134 valence electrons. The van der Waals surface area contributed by atoms with Crippen molar-refractivity contribution in [2.45, 2.75) is 23.0 Å². The highest BCUT2D eigenvalue weighted by molar-refractivity contribution is 7.92. The van der Waals surface area contributed by atoms with Crippen molar-refractivity contribution >= 4 is 21.4 Å². The number of ether oxygens (including phenoxy) is 1. The summed E-state index contributed by atoms with van der Waals surface area (Å²) in [7, 11) is -3.53. The fraction of sp³-hybridized carbons (Fsp3) is 0.368. The molecule has 2 aromatic rings. The van der Waals surface area contributed by atoms with Gasteiger partial charge in [0.25, 0.3) is 0 Å². The van der Waals surface area contributed by atoms with Crippen molar-refractivity contribution in [2.24, 2.45) is 11.1 Å². The third kappa shape index (κ3) is 3.22. The van der Waals surface area contributed by atoms with Crippen LogP contribution in [-0.4, -0.2) is 33.4 Å². The molecule has 0 amide bonds. The van der Waals surface area contributed by atoms with Gasteiger partial charge >= 0.3 is 0 Å². The predicted molar refractivity (Wildman–Crippen MR) is 99.6 cm³/mol. The predicted octanol–water partition coefficient (Wildman–Crippen LogP) is 3.26. The third-order valence-electron chi connectivity index (χ3n) is 4.95. The van der Waals surface area contributed by atoms with Crippen LogP contribution in [0, 0.1) is 5.41 Å². The van der Waals surface area contributed by atoms with E-state index >= 15 is 0 Å². The molecule has 3 rings (SSSR count). The average molecular weight is 380 g/mol. The second-order valence-corrected chi connectivity index (χ2v) is 8.89. The molecule has 0 bridgehead atoms. The number of hydrogen-bond acceptors (Lipinski definition) is 4. The van der Waals surface area contributed by atoms with Gasteiger partial charge in [-0.2, -0.15) is 0 Å². The number of rotatable bonds is 7. The van der Waals surface area contributed by atoms with Gasteiger partial charge in [0.15, 0.2) is 9.84 Å². The summed E-state index contributed by atoms with van der Waals surface area (Å²) < 4.78 is 32.1. The first-order valence-electron chi connectivity index (χ1n) is 8.29. The van der Waals surface area contributed by atoms with E-state index < -0.39 is 20.5 Å². The van der Waals surface area contributed by atoms with E-state index in [9.17, 15) is 8.42 Å². The lowest BCUT2D eigenvalue weighted by Crippen LogP contribution is -2.29. The lowest BCUT2D eigenvalue weighted by molar-refractivity contribution is 0.101. The topological polar surface area (TPSA) is 69.4 Å². The maximum atomic E-state index is 13.3. The van der Waals surface area contributed by atoms with Crippen molar-refractivity contribution in [3.05, 3.63) is 65.2 Å². The summed E-state index contributed by atoms with van der Waals surface area (Å²) >= 11 is 6.12. The minimum Gasteiger partial charge on any atom is -0.381 e. The highest BCUT2D eigenvalue weighted by Gasteiger charge is 2.70. The summed E-state index contributed by atoms with van der Waals surface area (Å²) in [4.78, 5) is 0.318. The summed E-state index contributed by atoms with van der Waals surface area (Å²) in [6.45, 7) is 2.96. The van der Waals surface area contributed by atoms with Gasteiger partial charge in [0, 0.05) is 29.5 Å². The van der Waals surface area contributed by atoms with E-state index in [2.05, 4.69) is 0 Å². The Balaban J connectivity index is 2.06. The lowest BCUT2D eigenvalue weighted by atomic mass is 10.00. The van der Waals surface area contributed by atoms with E-state index in [1.54, 1.807) is 36.4 Å². The standard InChI is InChI=1S/C19H22ClNO3S/c1-2-24-13-19(12-21)17(14-7-6-8-15(20)11-14)18(19)25(22,23)16-9-4-3-5-10-16/h3-11,17-18H,2,12-13,21H2,1H3/t17-,18+,19+/m1/s1. The zero-order chi connectivity index (χ0) is 18.1. The van der Waals surface area contributed by atoms with Gasteiger partial charge in [-0.25, -0.2) is 8.42 Å². The van der Waals surface area contributed by atoms with Gasteiger partial charge in [0.05, 0.1) is 16.8 Å². The molecule has 0 unspecified atom stereocenters. The molecule has 2 N–H and O–H groups in total. The summed E-state index contributed by atoms with van der Waals surface area (Å²) in [5.74, 6) is -0.229. The maximum absolute atomic E-state index is 13.3. The monoisotopic (exact) mass is 379 g/mol. The maximum Gasteiger partial charge on any atom is 0.182 e. The van der Waals surface area contributed by atoms with Crippen LogP contribution < -0.4 is 5.73 Å². The van der Waals surface area contributed by atoms with Crippen LogP contribution in [0.5, 0.6) is 0 Å². The third-order valence-corrected chi connectivity index (χ3v) is 7.52. The largest absolute Gasteiger partial charge is 0.381 e. The minimum atomic E-state index is -3.53. The smallest absolute Gasteiger partial charge is 0.182 e. The number of benzene rings is 2. The first kappa shape index (κ1) is 18.4. The Hall–Kier alpha value is -1.40. The van der Waals surface area contributed by atoms with Gasteiger partial charge in [0.2, 0.25) is 0 Å². The molecule has 1 saturated carbocycles. The zero-order valence-corrected chi connectivity index (χ0v) is 15.6. The van der Waals surface area contributed by atoms with Crippen LogP contribution in [0.25, 0.3) is 0 Å². The second kappa shape index (κ2) is 7.08. The van der Waals surface area contributed by atoms with E-state index in [0.29, 0.717) is 23.1 Å². The molecule has 2 aromatic carbocycles. The van der Waals surface area contributed by atoms with Gasteiger partial charge in [-0.3, -0.25) is 0 Å². The highest BCUT2D eigenvalue weighted by Crippen LogP contribution is 2.63. The molecular formula is C19H22ClNO3S. The van der Waals surface area contributed by atoms with Crippen molar-refractivity contribution in [3.8, 4) is 0 Å². The van der Waals surface area contributed by atoms with Crippen LogP contribution >= 0.6 is 11.6 Å². The first-order valence-corrected chi connectivity index (χ1v) is 10.2. The van der Waals surface area contributed by atoms with Crippen LogP contribution in [-0.2, 0) is 14.6 Å². The van der Waals surface area contributed by atoms with Crippen LogP contribution in [0.2, 0.25) is 5.02 Å². The lowest BCUT2D eigenvalue weighted by Gasteiger charge is -2.16. The molecule has 0 aliphatic heterocycles. The fourth-order valence-corrected chi connectivity index (χ4v) is 6.34. The van der Waals surface area contributed by atoms with Crippen LogP contribution in [0.4, 0.5) is 0 Å². The Labute approximate surface area is 153 Å². The molecule has 0 saturated heterocycles. The number of nitrogens with two attached hydrogens (primary N) is 1. The van der Waals surface area contributed by atoms with Crippen LogP contribution in [0.1, 0.15) is 18.4 Å². The first-order chi connectivity index (χ1) is 12.0. The normalized spacial score (nSPS) is 25.7. The van der Waals surface area contributed by atoms with E-state index in [0.717, 1.165) is 5.56 Å². The van der Waals surface area contributed by atoms with Crippen molar-refractivity contribution < 1.29 is 13.2 Å². The van der Waals surface area contributed by atoms with Gasteiger partial charge in [-0.05, 0) is 36.8 Å². The quantitative estimate of drug-likeness (QED) is 0.801. The van der Waals surface area contributed by atoms with Crippen molar-refractivity contribution in [2.75, 3.05) is 19.8 Å². The molecule has 1 aliphatic rings. The molecule has 0 radical (unpaired) electrons. The molecule has 25 heavy (non-hydrogen) atoms. The van der Waals surface area contributed by atoms with Gasteiger partial charge in [-0.15, -0.1) is 0 Å². The number of sulfone groups is 1. The Bertz CT molecular complexity index is 841. The Morgan fingerprint density at radius 3 is 2.48 bits per heavy atom. The fourth-order valence-electron chi connectivity index (χ4n) is 3.67. The molecular weight excluding hydrogens is 358 g/mol. The van der Waals surface area contributed by atoms with E-state index in [1.165, 1.54) is 0 Å². The van der Waals surface area contributed by atoms with Crippen molar-refractivity contribution in [1.82, 2.24) is 0 Å². The van der Waals surface area contributed by atoms with Crippen molar-refractivity contribution in [3.63, 3.8) is 0 Å². The molecule has 4 nitrogen and oxygen atoms in total. The SMILES string of the molecule is CCOC[C@@]1(CN)[C@H](c2cccc(Cl)c2)[C@@H]1S(=O)(=O)c1ccccc1. The summed E-state index contributed by atoms with van der Waals surface area (Å²) in [5.41, 5.74) is 6.32. The minimum absolute atomic E-state index is 0.229. The average Bonchev–Trinajstić information content (AvgIpc) is 3.31. The van der Waals surface area contributed by atoms with E-state index in [4.69, 9.17) is 22.1 Å². The summed E-state index contributed by atoms with van der Waals surface area (Å²) in [6.07, 6.45) is 0. The number of hydrogen-bond donors (Lipinski definition) is 1. The van der Waals surface area contributed by atoms with Gasteiger partial charge in [-0.1, -0.05) is 41.9 Å². The Morgan fingerprint density at radius 1 is 1.16 bits per heavy atom. The molecule has 0 aromatic heterocycles. The van der Waals surface area contributed by atoms with E-state index in [1.807, 2.05) is 25.1 Å². The van der Waals surface area contributed by atoms with Crippen LogP contribution in [0.15, 0.2) is 59.5 Å². The van der Waals surface area contributed by atoms with Gasteiger partial charge in [0.1, 0.15) is 0 Å². The number of halogens is 1. The van der Waals surface area contributed by atoms with Gasteiger partial charge < -0.3 is 10.5 Å². The molecule has 3 atom stereocenters. The summed E-state index contributed by atoms with van der Waals surface area (Å²) in [6, 6.07) is 15.9. The Kier molecular flexibility index (Phi) is 5.21.